The van der Waals surface area contributed by atoms with E-state index in [0.29, 0.717) is 27.6 Å². The van der Waals surface area contributed by atoms with Crippen LogP contribution in [0.1, 0.15) is 53.4 Å². The number of hydrogen-bond donors (Lipinski definition) is 1. The third-order valence-electron chi connectivity index (χ3n) is 5.75. The number of aromatic nitrogens is 2. The number of amides is 1. The Balaban J connectivity index is 1.64. The van der Waals surface area contributed by atoms with Gasteiger partial charge >= 0.3 is 0 Å². The van der Waals surface area contributed by atoms with Crippen LogP contribution in [0.5, 0.6) is 0 Å². The summed E-state index contributed by atoms with van der Waals surface area (Å²) in [5.74, 6) is 0.418. The van der Waals surface area contributed by atoms with E-state index in [1.165, 1.54) is 17.8 Å². The van der Waals surface area contributed by atoms with E-state index in [0.717, 1.165) is 30.4 Å². The first kappa shape index (κ1) is 18.9. The standard InChI is InChI=1S/C22H25N3O2S/c1-14-8-6-7-11-17(14)24-20(26)19-15(2)18-21(28-19)23-13-25(22(18)27)12-16-9-4-3-5-10-16/h3-5,9-10,13-14,17H,6-8,11-12H2,1-2H3,(H,24,26). The van der Waals surface area contributed by atoms with Gasteiger partial charge in [0.15, 0.2) is 0 Å². The fraction of sp³-hybridized carbons (Fsp3) is 0.409. The lowest BCUT2D eigenvalue weighted by Crippen LogP contribution is -2.41. The molecule has 0 aliphatic heterocycles. The number of thiophene rings is 1. The van der Waals surface area contributed by atoms with Crippen LogP contribution in [0.4, 0.5) is 0 Å². The summed E-state index contributed by atoms with van der Waals surface area (Å²) >= 11 is 1.31. The molecule has 4 rings (SSSR count). The monoisotopic (exact) mass is 395 g/mol. The second kappa shape index (κ2) is 7.87. The molecule has 2 heterocycles. The van der Waals surface area contributed by atoms with E-state index in [1.54, 1.807) is 10.9 Å². The normalized spacial score (nSPS) is 19.6. The van der Waals surface area contributed by atoms with E-state index in [2.05, 4.69) is 17.2 Å². The molecule has 0 saturated heterocycles. The maximum Gasteiger partial charge on any atom is 0.262 e. The zero-order valence-corrected chi connectivity index (χ0v) is 17.1. The lowest BCUT2D eigenvalue weighted by molar-refractivity contribution is 0.0914. The molecule has 1 fully saturated rings. The summed E-state index contributed by atoms with van der Waals surface area (Å²) in [7, 11) is 0. The van der Waals surface area contributed by atoms with Crippen LogP contribution in [0, 0.1) is 12.8 Å². The first-order valence-corrected chi connectivity index (χ1v) is 10.7. The predicted molar refractivity (Wildman–Crippen MR) is 113 cm³/mol. The van der Waals surface area contributed by atoms with Crippen LogP contribution in [0.2, 0.25) is 0 Å². The molecule has 3 aromatic rings. The van der Waals surface area contributed by atoms with E-state index in [1.807, 2.05) is 37.3 Å². The van der Waals surface area contributed by atoms with Crippen LogP contribution in [0.15, 0.2) is 41.5 Å². The van der Waals surface area contributed by atoms with E-state index in [-0.39, 0.29) is 17.5 Å². The van der Waals surface area contributed by atoms with Crippen molar-refractivity contribution in [3.05, 3.63) is 63.0 Å². The van der Waals surface area contributed by atoms with Crippen molar-refractivity contribution in [1.82, 2.24) is 14.9 Å². The van der Waals surface area contributed by atoms with Gasteiger partial charge in [-0.2, -0.15) is 0 Å². The Labute approximate surface area is 168 Å². The molecular weight excluding hydrogens is 370 g/mol. The number of hydrogen-bond acceptors (Lipinski definition) is 4. The lowest BCUT2D eigenvalue weighted by atomic mass is 9.86. The third kappa shape index (κ3) is 3.61. The lowest BCUT2D eigenvalue weighted by Gasteiger charge is -2.29. The third-order valence-corrected chi connectivity index (χ3v) is 6.95. The molecule has 1 aliphatic carbocycles. The van der Waals surface area contributed by atoms with Gasteiger partial charge in [-0.15, -0.1) is 11.3 Å². The molecule has 5 nitrogen and oxygen atoms in total. The van der Waals surface area contributed by atoms with Crippen molar-refractivity contribution in [2.45, 2.75) is 52.1 Å². The quantitative estimate of drug-likeness (QED) is 0.723. The SMILES string of the molecule is Cc1c(C(=O)NC2CCCCC2C)sc2ncn(Cc3ccccc3)c(=O)c12. The van der Waals surface area contributed by atoms with Crippen molar-refractivity contribution < 1.29 is 4.79 Å². The van der Waals surface area contributed by atoms with E-state index < -0.39 is 0 Å². The average molecular weight is 396 g/mol. The van der Waals surface area contributed by atoms with Crippen LogP contribution in [-0.2, 0) is 6.54 Å². The van der Waals surface area contributed by atoms with Crippen molar-refractivity contribution in [3.8, 4) is 0 Å². The summed E-state index contributed by atoms with van der Waals surface area (Å²) in [5, 5.41) is 3.76. The van der Waals surface area contributed by atoms with Crippen molar-refractivity contribution >= 4 is 27.5 Å². The average Bonchev–Trinajstić information content (AvgIpc) is 3.04. The summed E-state index contributed by atoms with van der Waals surface area (Å²) in [6, 6.07) is 10.1. The molecule has 1 N–H and O–H groups in total. The Kier molecular flexibility index (Phi) is 5.31. The van der Waals surface area contributed by atoms with Crippen molar-refractivity contribution in [2.24, 2.45) is 5.92 Å². The van der Waals surface area contributed by atoms with Crippen LogP contribution in [-0.4, -0.2) is 21.5 Å². The smallest absolute Gasteiger partial charge is 0.262 e. The molecule has 146 valence electrons. The topological polar surface area (TPSA) is 64.0 Å². The number of fused-ring (bicyclic) bond motifs is 1. The summed E-state index contributed by atoms with van der Waals surface area (Å²) < 4.78 is 1.61. The Hall–Kier alpha value is -2.47. The highest BCUT2D eigenvalue weighted by Gasteiger charge is 2.26. The summed E-state index contributed by atoms with van der Waals surface area (Å²) in [5.41, 5.74) is 1.69. The number of nitrogens with one attached hydrogen (secondary N) is 1. The fourth-order valence-electron chi connectivity index (χ4n) is 4.03. The van der Waals surface area contributed by atoms with Gasteiger partial charge in [-0.05, 0) is 36.8 Å². The zero-order chi connectivity index (χ0) is 19.7. The Morgan fingerprint density at radius 1 is 1.25 bits per heavy atom. The van der Waals surface area contributed by atoms with Crippen molar-refractivity contribution in [3.63, 3.8) is 0 Å². The predicted octanol–water partition coefficient (Wildman–Crippen LogP) is 4.12. The first-order chi connectivity index (χ1) is 13.5. The molecule has 2 aromatic heterocycles. The maximum absolute atomic E-state index is 13.0. The van der Waals surface area contributed by atoms with Gasteiger partial charge in [0.25, 0.3) is 11.5 Å². The number of benzene rings is 1. The summed E-state index contributed by atoms with van der Waals surface area (Å²) in [4.78, 5) is 31.6. The van der Waals surface area contributed by atoms with Gasteiger partial charge in [0.2, 0.25) is 0 Å². The highest BCUT2D eigenvalue weighted by Crippen LogP contribution is 2.28. The van der Waals surface area contributed by atoms with Gasteiger partial charge < -0.3 is 5.32 Å². The molecule has 1 amide bonds. The number of carbonyl (C=O) groups excluding carboxylic acids is 1. The molecule has 0 radical (unpaired) electrons. The molecular formula is C22H25N3O2S. The molecule has 0 spiro atoms. The molecule has 1 aliphatic rings. The van der Waals surface area contributed by atoms with Gasteiger partial charge in [0, 0.05) is 6.04 Å². The van der Waals surface area contributed by atoms with Gasteiger partial charge in [-0.3, -0.25) is 14.2 Å². The Morgan fingerprint density at radius 2 is 2.00 bits per heavy atom. The Morgan fingerprint density at radius 3 is 2.75 bits per heavy atom. The highest BCUT2D eigenvalue weighted by atomic mass is 32.1. The van der Waals surface area contributed by atoms with Gasteiger partial charge in [0.1, 0.15) is 4.83 Å². The van der Waals surface area contributed by atoms with Gasteiger partial charge in [-0.1, -0.05) is 50.1 Å². The van der Waals surface area contributed by atoms with Crippen LogP contribution in [0.3, 0.4) is 0 Å². The summed E-state index contributed by atoms with van der Waals surface area (Å²) in [6.45, 7) is 4.53. The second-order valence-corrected chi connectivity index (χ2v) is 8.74. The zero-order valence-electron chi connectivity index (χ0n) is 16.3. The molecule has 1 aromatic carbocycles. The largest absolute Gasteiger partial charge is 0.348 e. The number of nitrogens with zero attached hydrogens (tertiary/aromatic N) is 2. The molecule has 6 heteroatoms. The number of rotatable bonds is 4. The van der Waals surface area contributed by atoms with Gasteiger partial charge in [0.05, 0.1) is 23.1 Å². The minimum absolute atomic E-state index is 0.0757. The molecule has 28 heavy (non-hydrogen) atoms. The van der Waals surface area contributed by atoms with E-state index >= 15 is 0 Å². The van der Waals surface area contributed by atoms with Crippen molar-refractivity contribution in [1.29, 1.82) is 0 Å². The maximum atomic E-state index is 13.0. The molecule has 2 atom stereocenters. The summed E-state index contributed by atoms with van der Waals surface area (Å²) in [6.07, 6.45) is 6.16. The highest BCUT2D eigenvalue weighted by molar-refractivity contribution is 7.20. The van der Waals surface area contributed by atoms with E-state index in [9.17, 15) is 9.59 Å². The Bertz CT molecular complexity index is 1050. The second-order valence-electron chi connectivity index (χ2n) is 7.74. The van der Waals surface area contributed by atoms with E-state index in [4.69, 9.17) is 0 Å². The van der Waals surface area contributed by atoms with Gasteiger partial charge in [-0.25, -0.2) is 4.98 Å². The number of aryl methyl sites for hydroxylation is 1. The molecule has 1 saturated carbocycles. The number of carbonyl (C=O) groups is 1. The molecule has 2 unspecified atom stereocenters. The minimum atomic E-state index is -0.0901. The van der Waals surface area contributed by atoms with Crippen LogP contribution >= 0.6 is 11.3 Å². The molecule has 0 bridgehead atoms. The fourth-order valence-corrected chi connectivity index (χ4v) is 5.08. The first-order valence-electron chi connectivity index (χ1n) is 9.88. The van der Waals surface area contributed by atoms with Crippen LogP contribution < -0.4 is 10.9 Å². The van der Waals surface area contributed by atoms with Crippen molar-refractivity contribution in [2.75, 3.05) is 0 Å². The minimum Gasteiger partial charge on any atom is -0.348 e. The van der Waals surface area contributed by atoms with Crippen LogP contribution in [0.25, 0.3) is 10.2 Å².